The molecule has 0 atom stereocenters. The molecule has 2 amide bonds. The number of hydrogen-bond donors (Lipinski definition) is 1. The number of amides is 2. The third-order valence-corrected chi connectivity index (χ3v) is 1.55. The smallest absolute Gasteiger partial charge is 0.256 e. The Bertz CT molecular complexity index is 362. The van der Waals surface area contributed by atoms with Crippen molar-refractivity contribution in [2.45, 2.75) is 0 Å². The van der Waals surface area contributed by atoms with Gasteiger partial charge in [-0.15, -0.1) is 0 Å². The highest BCUT2D eigenvalue weighted by Crippen LogP contribution is 2.11. The molecule has 0 bridgehead atoms. The van der Waals surface area contributed by atoms with E-state index in [1.54, 1.807) is 17.4 Å². The summed E-state index contributed by atoms with van der Waals surface area (Å²) in [6.45, 7) is 0. The van der Waals surface area contributed by atoms with Crippen molar-refractivity contribution in [2.75, 3.05) is 7.11 Å². The lowest BCUT2D eigenvalue weighted by atomic mass is 10.2. The SMILES string of the molecule is COc1cccc(C(=O)NC(=O)[O-])c1. The summed E-state index contributed by atoms with van der Waals surface area (Å²) in [5.41, 5.74) is 0.202. The van der Waals surface area contributed by atoms with Crippen molar-refractivity contribution in [1.29, 1.82) is 0 Å². The number of hydrogen-bond acceptors (Lipinski definition) is 4. The Labute approximate surface area is 80.3 Å². The molecule has 0 aliphatic carbocycles. The van der Waals surface area contributed by atoms with E-state index in [0.29, 0.717) is 5.75 Å². The average Bonchev–Trinajstić information content (AvgIpc) is 2.17. The van der Waals surface area contributed by atoms with Crippen LogP contribution in [0.5, 0.6) is 5.75 Å². The lowest BCUT2D eigenvalue weighted by molar-refractivity contribution is -0.249. The van der Waals surface area contributed by atoms with Gasteiger partial charge in [0.25, 0.3) is 5.91 Å². The molecule has 0 heterocycles. The molecule has 0 saturated heterocycles. The van der Waals surface area contributed by atoms with Crippen molar-refractivity contribution in [3.05, 3.63) is 29.8 Å². The molecular weight excluding hydrogens is 186 g/mol. The van der Waals surface area contributed by atoms with Crippen molar-refractivity contribution >= 4 is 12.0 Å². The van der Waals surface area contributed by atoms with E-state index >= 15 is 0 Å². The third-order valence-electron chi connectivity index (χ3n) is 1.55. The summed E-state index contributed by atoms with van der Waals surface area (Å²) >= 11 is 0. The maximum Gasteiger partial charge on any atom is 0.256 e. The van der Waals surface area contributed by atoms with Crippen LogP contribution >= 0.6 is 0 Å². The quantitative estimate of drug-likeness (QED) is 0.705. The number of nitrogens with one attached hydrogen (secondary N) is 1. The highest BCUT2D eigenvalue weighted by Gasteiger charge is 2.05. The molecule has 0 aromatic heterocycles. The van der Waals surface area contributed by atoms with E-state index < -0.39 is 12.0 Å². The Balaban J connectivity index is 2.84. The summed E-state index contributed by atoms with van der Waals surface area (Å²) in [6.07, 6.45) is -1.63. The molecule has 0 aliphatic rings. The Hall–Kier alpha value is -2.04. The van der Waals surface area contributed by atoms with Gasteiger partial charge in [0, 0.05) is 5.56 Å². The Morgan fingerprint density at radius 3 is 2.71 bits per heavy atom. The van der Waals surface area contributed by atoms with Gasteiger partial charge < -0.3 is 20.0 Å². The zero-order valence-corrected chi connectivity index (χ0v) is 7.44. The van der Waals surface area contributed by atoms with Crippen LogP contribution in [0.1, 0.15) is 10.4 Å². The molecule has 0 radical (unpaired) electrons. The third kappa shape index (κ3) is 2.48. The van der Waals surface area contributed by atoms with Crippen molar-refractivity contribution in [3.8, 4) is 5.75 Å². The van der Waals surface area contributed by atoms with E-state index in [1.807, 2.05) is 0 Å². The molecule has 14 heavy (non-hydrogen) atoms. The predicted octanol–water partition coefficient (Wildman–Crippen LogP) is -0.232. The normalized spacial score (nSPS) is 9.21. The molecular formula is C9H8NO4-. The molecule has 0 spiro atoms. The maximum atomic E-state index is 11.1. The number of methoxy groups -OCH3 is 1. The second-order valence-electron chi connectivity index (χ2n) is 2.47. The van der Waals surface area contributed by atoms with Crippen LogP contribution in [0, 0.1) is 0 Å². The van der Waals surface area contributed by atoms with Crippen LogP contribution in [0.15, 0.2) is 24.3 Å². The van der Waals surface area contributed by atoms with E-state index in [4.69, 9.17) is 4.74 Å². The molecule has 0 aliphatic heterocycles. The molecule has 5 heteroatoms. The van der Waals surface area contributed by atoms with Gasteiger partial charge in [0.05, 0.1) is 7.11 Å². The fourth-order valence-electron chi connectivity index (χ4n) is 0.929. The van der Waals surface area contributed by atoms with E-state index in [-0.39, 0.29) is 5.56 Å². The van der Waals surface area contributed by atoms with Crippen LogP contribution < -0.4 is 15.2 Å². The topological polar surface area (TPSA) is 78.5 Å². The van der Waals surface area contributed by atoms with Crippen LogP contribution in [0.4, 0.5) is 4.79 Å². The van der Waals surface area contributed by atoms with E-state index in [2.05, 4.69) is 0 Å². The maximum absolute atomic E-state index is 11.1. The average molecular weight is 194 g/mol. The molecule has 1 N–H and O–H groups in total. The van der Waals surface area contributed by atoms with Gasteiger partial charge in [-0.05, 0) is 18.2 Å². The second kappa shape index (κ2) is 4.27. The number of benzene rings is 1. The molecule has 74 valence electrons. The monoisotopic (exact) mass is 194 g/mol. The largest absolute Gasteiger partial charge is 0.530 e. The van der Waals surface area contributed by atoms with Crippen LogP contribution in [-0.4, -0.2) is 19.1 Å². The van der Waals surface area contributed by atoms with Crippen molar-refractivity contribution in [3.63, 3.8) is 0 Å². The second-order valence-corrected chi connectivity index (χ2v) is 2.47. The van der Waals surface area contributed by atoms with E-state index in [0.717, 1.165) is 0 Å². The minimum absolute atomic E-state index is 0.202. The summed E-state index contributed by atoms with van der Waals surface area (Å²) in [7, 11) is 1.45. The summed E-state index contributed by atoms with van der Waals surface area (Å²) in [6, 6.07) is 6.14. The molecule has 0 fully saturated rings. The van der Waals surface area contributed by atoms with Crippen LogP contribution in [0.3, 0.4) is 0 Å². The molecule has 1 rings (SSSR count). The van der Waals surface area contributed by atoms with Crippen LogP contribution in [0.2, 0.25) is 0 Å². The van der Waals surface area contributed by atoms with Crippen molar-refractivity contribution in [2.24, 2.45) is 0 Å². The predicted molar refractivity (Wildman–Crippen MR) is 45.9 cm³/mol. The Kier molecular flexibility index (Phi) is 3.06. The summed E-state index contributed by atoms with van der Waals surface area (Å²) in [5.74, 6) is -0.250. The number of carbonyl (C=O) groups is 2. The van der Waals surface area contributed by atoms with Gasteiger partial charge in [0.1, 0.15) is 11.8 Å². The molecule has 0 saturated carbocycles. The number of carbonyl (C=O) groups excluding carboxylic acids is 2. The fraction of sp³-hybridized carbons (Fsp3) is 0.111. The number of carboxylic acid groups (broad SMARTS) is 1. The van der Waals surface area contributed by atoms with Crippen molar-refractivity contribution < 1.29 is 19.4 Å². The minimum atomic E-state index is -1.63. The van der Waals surface area contributed by atoms with Gasteiger partial charge in [-0.25, -0.2) is 0 Å². The van der Waals surface area contributed by atoms with Crippen molar-refractivity contribution in [1.82, 2.24) is 5.32 Å². The minimum Gasteiger partial charge on any atom is -0.530 e. The first-order chi connectivity index (χ1) is 6.63. The molecule has 1 aromatic rings. The first-order valence-corrected chi connectivity index (χ1v) is 3.80. The van der Waals surface area contributed by atoms with E-state index in [1.165, 1.54) is 19.2 Å². The summed E-state index contributed by atoms with van der Waals surface area (Å²) in [5, 5.41) is 11.7. The molecule has 5 nitrogen and oxygen atoms in total. The van der Waals surface area contributed by atoms with Gasteiger partial charge in [0.2, 0.25) is 0 Å². The number of imide groups is 1. The zero-order valence-electron chi connectivity index (χ0n) is 7.44. The number of rotatable bonds is 2. The number of ether oxygens (including phenoxy) is 1. The van der Waals surface area contributed by atoms with E-state index in [9.17, 15) is 14.7 Å². The lowest BCUT2D eigenvalue weighted by Crippen LogP contribution is -2.40. The van der Waals surface area contributed by atoms with Gasteiger partial charge in [-0.3, -0.25) is 4.79 Å². The fourth-order valence-corrected chi connectivity index (χ4v) is 0.929. The standard InChI is InChI=1S/C9H9NO4/c1-14-7-4-2-3-6(5-7)8(11)10-9(12)13/h2-5H,1H3,(H,10,11)(H,12,13)/p-1. The summed E-state index contributed by atoms with van der Waals surface area (Å²) < 4.78 is 4.87. The van der Waals surface area contributed by atoms with Gasteiger partial charge in [0.15, 0.2) is 0 Å². The van der Waals surface area contributed by atoms with Crippen LogP contribution in [-0.2, 0) is 0 Å². The van der Waals surface area contributed by atoms with Gasteiger partial charge in [-0.2, -0.15) is 0 Å². The van der Waals surface area contributed by atoms with Gasteiger partial charge in [-0.1, -0.05) is 6.07 Å². The summed E-state index contributed by atoms with van der Waals surface area (Å²) in [4.78, 5) is 21.2. The zero-order chi connectivity index (χ0) is 10.6. The highest BCUT2D eigenvalue weighted by atomic mass is 16.5. The van der Waals surface area contributed by atoms with Crippen LogP contribution in [0.25, 0.3) is 0 Å². The molecule has 1 aromatic carbocycles. The first-order valence-electron chi connectivity index (χ1n) is 3.80. The first kappa shape index (κ1) is 10.0. The Morgan fingerprint density at radius 1 is 1.43 bits per heavy atom. The highest BCUT2D eigenvalue weighted by molar-refractivity contribution is 6.02. The lowest BCUT2D eigenvalue weighted by Gasteiger charge is -2.06. The van der Waals surface area contributed by atoms with Gasteiger partial charge >= 0.3 is 0 Å². The Morgan fingerprint density at radius 2 is 2.14 bits per heavy atom. The molecule has 0 unspecified atom stereocenters.